The molecule has 0 unspecified atom stereocenters. The molecule has 0 bridgehead atoms. The summed E-state index contributed by atoms with van der Waals surface area (Å²) in [6.07, 6.45) is 4.28. The van der Waals surface area contributed by atoms with Gasteiger partial charge in [0, 0.05) is 43.1 Å². The van der Waals surface area contributed by atoms with Gasteiger partial charge in [-0.05, 0) is 44.9 Å². The molecular formula is C23H28N8O3S2. The van der Waals surface area contributed by atoms with Crippen molar-refractivity contribution < 1.29 is 12.8 Å². The van der Waals surface area contributed by atoms with Crippen LogP contribution in [0.5, 0.6) is 0 Å². The largest absolute Gasteiger partial charge is 0.403 e. The maximum absolute atomic E-state index is 11.7. The molecule has 0 saturated carbocycles. The summed E-state index contributed by atoms with van der Waals surface area (Å²) in [5.74, 6) is 1.03. The number of hydrogen-bond donors (Lipinski definition) is 3. The van der Waals surface area contributed by atoms with E-state index in [1.54, 1.807) is 17.5 Å². The van der Waals surface area contributed by atoms with Crippen LogP contribution in [0.1, 0.15) is 26.7 Å². The predicted octanol–water partition coefficient (Wildman–Crippen LogP) is 4.14. The Bertz CT molecular complexity index is 1460. The van der Waals surface area contributed by atoms with Gasteiger partial charge in [-0.25, -0.2) is 22.7 Å². The minimum Gasteiger partial charge on any atom is -0.403 e. The van der Waals surface area contributed by atoms with E-state index in [2.05, 4.69) is 56.0 Å². The summed E-state index contributed by atoms with van der Waals surface area (Å²) in [7, 11) is -3.17. The summed E-state index contributed by atoms with van der Waals surface area (Å²) in [5, 5.41) is 18.4. The van der Waals surface area contributed by atoms with Crippen LogP contribution >= 0.6 is 11.3 Å². The van der Waals surface area contributed by atoms with Gasteiger partial charge in [-0.2, -0.15) is 0 Å². The van der Waals surface area contributed by atoms with Crippen molar-refractivity contribution in [2.45, 2.75) is 38.8 Å². The number of pyridine rings is 1. The minimum absolute atomic E-state index is 0.0603. The van der Waals surface area contributed by atoms with Gasteiger partial charge < -0.3 is 20.4 Å². The van der Waals surface area contributed by atoms with Crippen molar-refractivity contribution in [2.75, 3.05) is 35.3 Å². The molecule has 1 aliphatic rings. The van der Waals surface area contributed by atoms with Gasteiger partial charge in [0.2, 0.25) is 10.0 Å². The Morgan fingerprint density at radius 3 is 2.69 bits per heavy atom. The number of rotatable bonds is 8. The number of benzene rings is 1. The molecule has 4 heterocycles. The number of fused-ring (bicyclic) bond motifs is 1. The summed E-state index contributed by atoms with van der Waals surface area (Å²) in [6.45, 7) is 5.04. The number of anilines is 4. The molecule has 0 radical (unpaired) electrons. The molecule has 0 aliphatic carbocycles. The SMILES string of the molecule is CC(C)Nc1cc(Nc2ccc3ncsc3c2)ncc1-c1nnc(NC2CCN(S(C)(=O)=O)CC2)o1. The highest BCUT2D eigenvalue weighted by Gasteiger charge is 2.26. The van der Waals surface area contributed by atoms with Gasteiger partial charge in [-0.1, -0.05) is 5.10 Å². The summed E-state index contributed by atoms with van der Waals surface area (Å²) in [5.41, 5.74) is 5.24. The first-order chi connectivity index (χ1) is 17.2. The highest BCUT2D eigenvalue weighted by Crippen LogP contribution is 2.32. The molecule has 0 spiro atoms. The van der Waals surface area contributed by atoms with Crippen LogP contribution in [0.25, 0.3) is 21.7 Å². The molecule has 13 heteroatoms. The molecule has 1 aromatic carbocycles. The van der Waals surface area contributed by atoms with Gasteiger partial charge in [0.05, 0.1) is 33.2 Å². The zero-order valence-electron chi connectivity index (χ0n) is 20.2. The van der Waals surface area contributed by atoms with E-state index in [1.807, 2.05) is 23.7 Å². The first-order valence-corrected chi connectivity index (χ1v) is 14.4. The zero-order valence-corrected chi connectivity index (χ0v) is 21.9. The van der Waals surface area contributed by atoms with Crippen molar-refractivity contribution in [1.82, 2.24) is 24.5 Å². The van der Waals surface area contributed by atoms with Gasteiger partial charge in [-0.15, -0.1) is 16.4 Å². The lowest BCUT2D eigenvalue weighted by molar-refractivity contribution is 0.329. The van der Waals surface area contributed by atoms with Crippen LogP contribution in [0, 0.1) is 0 Å². The zero-order chi connectivity index (χ0) is 25.3. The first-order valence-electron chi connectivity index (χ1n) is 11.7. The Morgan fingerprint density at radius 1 is 1.14 bits per heavy atom. The lowest BCUT2D eigenvalue weighted by atomic mass is 10.1. The van der Waals surface area contributed by atoms with Gasteiger partial charge in [0.15, 0.2) is 0 Å². The van der Waals surface area contributed by atoms with E-state index in [4.69, 9.17) is 4.42 Å². The average molecular weight is 529 g/mol. The highest BCUT2D eigenvalue weighted by atomic mass is 32.2. The molecular weight excluding hydrogens is 500 g/mol. The van der Waals surface area contributed by atoms with Crippen LogP contribution < -0.4 is 16.0 Å². The van der Waals surface area contributed by atoms with E-state index in [1.165, 1.54) is 10.6 Å². The molecule has 0 amide bonds. The molecule has 1 saturated heterocycles. The number of nitrogens with zero attached hydrogens (tertiary/aromatic N) is 5. The number of nitrogens with one attached hydrogen (secondary N) is 3. The van der Waals surface area contributed by atoms with Gasteiger partial charge in [-0.3, -0.25) is 0 Å². The van der Waals surface area contributed by atoms with E-state index in [-0.39, 0.29) is 12.1 Å². The Hall–Kier alpha value is -3.29. The van der Waals surface area contributed by atoms with Crippen LogP contribution in [0.4, 0.5) is 23.2 Å². The van der Waals surface area contributed by atoms with Crippen molar-refractivity contribution in [2.24, 2.45) is 0 Å². The Balaban J connectivity index is 1.32. The van der Waals surface area contributed by atoms with E-state index in [0.717, 1.165) is 21.6 Å². The van der Waals surface area contributed by atoms with Crippen LogP contribution in [0.3, 0.4) is 0 Å². The van der Waals surface area contributed by atoms with E-state index >= 15 is 0 Å². The fraction of sp³-hybridized carbons (Fsp3) is 0.391. The topological polar surface area (TPSA) is 138 Å². The van der Waals surface area contributed by atoms with Gasteiger partial charge >= 0.3 is 6.01 Å². The third-order valence-corrected chi connectivity index (χ3v) is 7.95. The molecule has 1 fully saturated rings. The summed E-state index contributed by atoms with van der Waals surface area (Å²) in [4.78, 5) is 8.89. The number of hydrogen-bond acceptors (Lipinski definition) is 11. The van der Waals surface area contributed by atoms with Crippen LogP contribution in [-0.4, -0.2) is 64.3 Å². The minimum atomic E-state index is -3.17. The quantitative estimate of drug-likeness (QED) is 0.306. The van der Waals surface area contributed by atoms with Crippen LogP contribution in [0.2, 0.25) is 0 Å². The molecule has 5 rings (SSSR count). The molecule has 4 aromatic rings. The summed E-state index contributed by atoms with van der Waals surface area (Å²) < 4.78 is 32.0. The van der Waals surface area contributed by atoms with Crippen LogP contribution in [0.15, 0.2) is 40.4 Å². The number of piperidine rings is 1. The fourth-order valence-electron chi connectivity index (χ4n) is 4.10. The van der Waals surface area contributed by atoms with Crippen molar-refractivity contribution in [3.63, 3.8) is 0 Å². The molecule has 11 nitrogen and oxygen atoms in total. The Kier molecular flexibility index (Phi) is 6.77. The van der Waals surface area contributed by atoms with Crippen LogP contribution in [-0.2, 0) is 10.0 Å². The van der Waals surface area contributed by atoms with E-state index in [0.29, 0.717) is 49.2 Å². The molecule has 36 heavy (non-hydrogen) atoms. The fourth-order valence-corrected chi connectivity index (χ4v) is 5.69. The maximum atomic E-state index is 11.7. The summed E-state index contributed by atoms with van der Waals surface area (Å²) >= 11 is 1.59. The third kappa shape index (κ3) is 5.58. The smallest absolute Gasteiger partial charge is 0.315 e. The lowest BCUT2D eigenvalue weighted by Gasteiger charge is -2.30. The van der Waals surface area contributed by atoms with Gasteiger partial charge in [0.25, 0.3) is 5.89 Å². The lowest BCUT2D eigenvalue weighted by Crippen LogP contribution is -2.41. The van der Waals surface area contributed by atoms with Gasteiger partial charge in [0.1, 0.15) is 5.82 Å². The Morgan fingerprint density at radius 2 is 1.94 bits per heavy atom. The number of thiazole rings is 1. The van der Waals surface area contributed by atoms with Crippen molar-refractivity contribution in [1.29, 1.82) is 0 Å². The third-order valence-electron chi connectivity index (χ3n) is 5.86. The maximum Gasteiger partial charge on any atom is 0.315 e. The van der Waals surface area contributed by atoms with Crippen molar-refractivity contribution >= 4 is 54.8 Å². The number of sulfonamides is 1. The molecule has 190 valence electrons. The predicted molar refractivity (Wildman–Crippen MR) is 142 cm³/mol. The summed E-state index contributed by atoms with van der Waals surface area (Å²) in [6, 6.07) is 8.47. The monoisotopic (exact) mass is 528 g/mol. The van der Waals surface area contributed by atoms with Crippen molar-refractivity contribution in [3.8, 4) is 11.5 Å². The van der Waals surface area contributed by atoms with E-state index < -0.39 is 10.0 Å². The second-order valence-corrected chi connectivity index (χ2v) is 11.9. The number of aromatic nitrogens is 4. The second kappa shape index (κ2) is 9.99. The standard InChI is InChI=1S/C23H28N8O3S2/c1-14(2)26-19-11-21(27-16-4-5-18-20(10-16)35-13-25-18)24-12-17(19)22-29-30-23(34-22)28-15-6-8-31(9-7-15)36(3,32)33/h4-5,10-15H,6-9H2,1-3H3,(H,28,30)(H2,24,26,27). The highest BCUT2D eigenvalue weighted by molar-refractivity contribution is 7.88. The normalized spacial score (nSPS) is 15.4. The molecule has 3 aromatic heterocycles. The average Bonchev–Trinajstić information content (AvgIpc) is 3.48. The Labute approximate surface area is 213 Å². The molecule has 3 N–H and O–H groups in total. The molecule has 1 aliphatic heterocycles. The van der Waals surface area contributed by atoms with E-state index in [9.17, 15) is 8.42 Å². The first kappa shape index (κ1) is 24.4. The molecule has 0 atom stereocenters. The van der Waals surface area contributed by atoms with Crippen molar-refractivity contribution in [3.05, 3.63) is 36.0 Å². The second-order valence-electron chi connectivity index (χ2n) is 9.07.